The molecular weight excluding hydrogens is 333 g/mol. The number of Topliss-reactive ketones (excluding diaryl/α,β-unsaturated/α-hetero) is 1. The molecule has 1 aliphatic rings. The average molecular weight is 355 g/mol. The number of nitrogens with zero attached hydrogens (tertiary/aromatic N) is 2. The number of piperazine rings is 1. The van der Waals surface area contributed by atoms with Gasteiger partial charge in [-0.05, 0) is 48.9 Å². The summed E-state index contributed by atoms with van der Waals surface area (Å²) in [4.78, 5) is 27.7. The Bertz CT molecular complexity index is 767. The number of urea groups is 1. The summed E-state index contributed by atoms with van der Waals surface area (Å²) in [6, 6.07) is 13.3. The van der Waals surface area contributed by atoms with Gasteiger partial charge in [0.25, 0.3) is 0 Å². The van der Waals surface area contributed by atoms with Gasteiger partial charge in [-0.25, -0.2) is 9.18 Å². The Morgan fingerprint density at radius 3 is 2.15 bits per heavy atom. The number of carbonyl (C=O) groups is 2. The Kier molecular flexibility index (Phi) is 5.63. The molecule has 0 bridgehead atoms. The van der Waals surface area contributed by atoms with Crippen LogP contribution in [0.1, 0.15) is 22.8 Å². The molecule has 0 atom stereocenters. The minimum Gasteiger partial charge on any atom is -0.322 e. The minimum absolute atomic E-state index is 0.000142. The third-order valence-corrected chi connectivity index (χ3v) is 4.52. The van der Waals surface area contributed by atoms with Crippen LogP contribution in [0, 0.1) is 5.82 Å². The molecule has 136 valence electrons. The molecule has 1 fully saturated rings. The first-order chi connectivity index (χ1) is 12.5. The number of halogens is 1. The number of benzene rings is 2. The molecule has 2 amide bonds. The standard InChI is InChI=1S/C20H22FN3O2/c1-15(25)17-4-8-19(9-5-17)22-20(26)24-12-10-23(11-13-24)14-16-2-6-18(21)7-3-16/h2-9H,10-14H2,1H3,(H,22,26). The van der Waals surface area contributed by atoms with Gasteiger partial charge in [0.1, 0.15) is 5.82 Å². The Balaban J connectivity index is 1.48. The van der Waals surface area contributed by atoms with Crippen molar-refractivity contribution in [2.45, 2.75) is 13.5 Å². The van der Waals surface area contributed by atoms with E-state index >= 15 is 0 Å². The summed E-state index contributed by atoms with van der Waals surface area (Å²) in [6.45, 7) is 5.08. The quantitative estimate of drug-likeness (QED) is 0.856. The lowest BCUT2D eigenvalue weighted by Crippen LogP contribution is -2.49. The number of amides is 2. The van der Waals surface area contributed by atoms with Crippen molar-refractivity contribution in [3.8, 4) is 0 Å². The molecule has 0 spiro atoms. The van der Waals surface area contributed by atoms with Gasteiger partial charge in [0.05, 0.1) is 0 Å². The molecule has 26 heavy (non-hydrogen) atoms. The lowest BCUT2D eigenvalue weighted by Gasteiger charge is -2.34. The summed E-state index contributed by atoms with van der Waals surface area (Å²) >= 11 is 0. The van der Waals surface area contributed by atoms with E-state index in [0.29, 0.717) is 24.3 Å². The van der Waals surface area contributed by atoms with E-state index in [9.17, 15) is 14.0 Å². The van der Waals surface area contributed by atoms with Crippen LogP contribution in [0.4, 0.5) is 14.9 Å². The highest BCUT2D eigenvalue weighted by atomic mass is 19.1. The van der Waals surface area contributed by atoms with Crippen LogP contribution in [-0.2, 0) is 6.54 Å². The highest BCUT2D eigenvalue weighted by Gasteiger charge is 2.21. The first kappa shape index (κ1) is 18.1. The molecule has 1 N–H and O–H groups in total. The SMILES string of the molecule is CC(=O)c1ccc(NC(=O)N2CCN(Cc3ccc(F)cc3)CC2)cc1. The van der Waals surface area contributed by atoms with Gasteiger partial charge in [0.15, 0.2) is 5.78 Å². The van der Waals surface area contributed by atoms with E-state index in [2.05, 4.69) is 10.2 Å². The van der Waals surface area contributed by atoms with E-state index in [1.54, 1.807) is 41.3 Å². The molecule has 1 saturated heterocycles. The minimum atomic E-state index is -0.230. The van der Waals surface area contributed by atoms with E-state index in [1.165, 1.54) is 19.1 Å². The maximum Gasteiger partial charge on any atom is 0.321 e. The Labute approximate surface area is 152 Å². The fourth-order valence-corrected chi connectivity index (χ4v) is 2.95. The highest BCUT2D eigenvalue weighted by molar-refractivity contribution is 5.95. The van der Waals surface area contributed by atoms with Crippen molar-refractivity contribution in [3.05, 3.63) is 65.5 Å². The van der Waals surface area contributed by atoms with Crippen molar-refractivity contribution in [1.29, 1.82) is 0 Å². The van der Waals surface area contributed by atoms with Gasteiger partial charge in [0, 0.05) is 44.0 Å². The maximum absolute atomic E-state index is 13.0. The van der Waals surface area contributed by atoms with Crippen LogP contribution in [0.2, 0.25) is 0 Å². The summed E-state index contributed by atoms with van der Waals surface area (Å²) in [5, 5.41) is 2.86. The fourth-order valence-electron chi connectivity index (χ4n) is 2.95. The summed E-state index contributed by atoms with van der Waals surface area (Å²) < 4.78 is 13.0. The molecule has 0 aromatic heterocycles. The molecule has 1 aliphatic heterocycles. The van der Waals surface area contributed by atoms with E-state index in [0.717, 1.165) is 25.2 Å². The number of carbonyl (C=O) groups excluding carboxylic acids is 2. The molecule has 3 rings (SSSR count). The molecule has 0 unspecified atom stereocenters. The zero-order chi connectivity index (χ0) is 18.5. The van der Waals surface area contributed by atoms with Crippen molar-refractivity contribution < 1.29 is 14.0 Å². The summed E-state index contributed by atoms with van der Waals surface area (Å²) in [5.74, 6) is -0.230. The predicted octanol–water partition coefficient (Wildman–Crippen LogP) is 3.38. The predicted molar refractivity (Wildman–Crippen MR) is 98.7 cm³/mol. The van der Waals surface area contributed by atoms with Crippen molar-refractivity contribution in [1.82, 2.24) is 9.80 Å². The molecule has 1 heterocycles. The highest BCUT2D eigenvalue weighted by Crippen LogP contribution is 2.13. The number of ketones is 1. The monoisotopic (exact) mass is 355 g/mol. The number of nitrogens with one attached hydrogen (secondary N) is 1. The number of hydrogen-bond donors (Lipinski definition) is 1. The van der Waals surface area contributed by atoms with Crippen molar-refractivity contribution in [3.63, 3.8) is 0 Å². The number of anilines is 1. The van der Waals surface area contributed by atoms with E-state index in [4.69, 9.17) is 0 Å². The van der Waals surface area contributed by atoms with Gasteiger partial charge < -0.3 is 10.2 Å². The van der Waals surface area contributed by atoms with Crippen molar-refractivity contribution in [2.24, 2.45) is 0 Å². The van der Waals surface area contributed by atoms with Gasteiger partial charge in [-0.2, -0.15) is 0 Å². The van der Waals surface area contributed by atoms with Crippen LogP contribution in [0.15, 0.2) is 48.5 Å². The maximum atomic E-state index is 13.0. The van der Waals surface area contributed by atoms with Gasteiger partial charge >= 0.3 is 6.03 Å². The van der Waals surface area contributed by atoms with Crippen LogP contribution >= 0.6 is 0 Å². The van der Waals surface area contributed by atoms with E-state index < -0.39 is 0 Å². The first-order valence-corrected chi connectivity index (χ1v) is 8.65. The molecule has 0 aliphatic carbocycles. The number of hydrogen-bond acceptors (Lipinski definition) is 3. The van der Waals surface area contributed by atoms with Gasteiger partial charge in [-0.3, -0.25) is 9.69 Å². The van der Waals surface area contributed by atoms with Crippen LogP contribution in [0.5, 0.6) is 0 Å². The van der Waals surface area contributed by atoms with Crippen LogP contribution < -0.4 is 5.32 Å². The summed E-state index contributed by atoms with van der Waals surface area (Å²) in [6.07, 6.45) is 0. The van der Waals surface area contributed by atoms with E-state index in [-0.39, 0.29) is 17.6 Å². The lowest BCUT2D eigenvalue weighted by molar-refractivity contribution is 0.101. The fraction of sp³-hybridized carbons (Fsp3) is 0.300. The van der Waals surface area contributed by atoms with Gasteiger partial charge in [-0.15, -0.1) is 0 Å². The van der Waals surface area contributed by atoms with Gasteiger partial charge in [-0.1, -0.05) is 12.1 Å². The largest absolute Gasteiger partial charge is 0.322 e. The van der Waals surface area contributed by atoms with Gasteiger partial charge in [0.2, 0.25) is 0 Å². The third-order valence-electron chi connectivity index (χ3n) is 4.52. The molecule has 2 aromatic carbocycles. The number of rotatable bonds is 4. The average Bonchev–Trinajstić information content (AvgIpc) is 2.64. The topological polar surface area (TPSA) is 52.7 Å². The molecular formula is C20H22FN3O2. The Morgan fingerprint density at radius 1 is 0.962 bits per heavy atom. The van der Waals surface area contributed by atoms with E-state index in [1.807, 2.05) is 0 Å². The second-order valence-corrected chi connectivity index (χ2v) is 6.45. The Morgan fingerprint density at radius 2 is 1.58 bits per heavy atom. The molecule has 2 aromatic rings. The van der Waals surface area contributed by atoms with Crippen LogP contribution in [0.25, 0.3) is 0 Å². The second-order valence-electron chi connectivity index (χ2n) is 6.45. The van der Waals surface area contributed by atoms with Crippen LogP contribution in [-0.4, -0.2) is 47.8 Å². The van der Waals surface area contributed by atoms with Crippen molar-refractivity contribution >= 4 is 17.5 Å². The summed E-state index contributed by atoms with van der Waals surface area (Å²) in [5.41, 5.74) is 2.36. The zero-order valence-corrected chi connectivity index (χ0v) is 14.7. The first-order valence-electron chi connectivity index (χ1n) is 8.65. The third kappa shape index (κ3) is 4.67. The molecule has 6 heteroatoms. The molecule has 5 nitrogen and oxygen atoms in total. The van der Waals surface area contributed by atoms with Crippen molar-refractivity contribution in [2.75, 3.05) is 31.5 Å². The normalized spacial score (nSPS) is 14.9. The van der Waals surface area contributed by atoms with Crippen LogP contribution in [0.3, 0.4) is 0 Å². The molecule has 0 radical (unpaired) electrons. The second kappa shape index (κ2) is 8.10. The smallest absolute Gasteiger partial charge is 0.321 e. The molecule has 0 saturated carbocycles. The summed E-state index contributed by atoms with van der Waals surface area (Å²) in [7, 11) is 0. The zero-order valence-electron chi connectivity index (χ0n) is 14.7. The Hall–Kier alpha value is -2.73. The lowest BCUT2D eigenvalue weighted by atomic mass is 10.1.